The summed E-state index contributed by atoms with van der Waals surface area (Å²) in [6, 6.07) is 5.59. The molecule has 1 fully saturated rings. The number of nitrogens with two attached hydrogens (primary N) is 1. The van der Waals surface area contributed by atoms with E-state index in [9.17, 15) is 13.2 Å². The lowest BCUT2D eigenvalue weighted by Gasteiger charge is -2.26. The third-order valence-electron chi connectivity index (χ3n) is 3.77. The largest absolute Gasteiger partial charge is 0.573 e. The standard InChI is InChI=1S/C16H23F3N4O/c17-16(18,19)24-14-6-4-13(5-7-14)12-22-15(20)21-8-11-23-9-2-1-3-10-23/h4-7H,1-3,8-12H2,(H3,20,21,22). The van der Waals surface area contributed by atoms with Crippen LogP contribution in [-0.4, -0.2) is 43.4 Å². The van der Waals surface area contributed by atoms with Gasteiger partial charge in [-0.1, -0.05) is 18.6 Å². The smallest absolute Gasteiger partial charge is 0.406 e. The van der Waals surface area contributed by atoms with Crippen LogP contribution in [0.1, 0.15) is 24.8 Å². The Bertz CT molecular complexity index is 525. The molecule has 5 nitrogen and oxygen atoms in total. The average molecular weight is 344 g/mol. The highest BCUT2D eigenvalue weighted by Gasteiger charge is 2.30. The molecule has 0 amide bonds. The second-order valence-electron chi connectivity index (χ2n) is 5.72. The Morgan fingerprint density at radius 3 is 2.46 bits per heavy atom. The lowest BCUT2D eigenvalue weighted by molar-refractivity contribution is -0.274. The van der Waals surface area contributed by atoms with Crippen molar-refractivity contribution in [2.45, 2.75) is 32.2 Å². The summed E-state index contributed by atoms with van der Waals surface area (Å²) in [6.07, 6.45) is -0.877. The summed E-state index contributed by atoms with van der Waals surface area (Å²) in [5.41, 5.74) is 6.55. The fourth-order valence-corrected chi connectivity index (χ4v) is 2.55. The van der Waals surface area contributed by atoms with Crippen LogP contribution in [0.5, 0.6) is 5.75 Å². The van der Waals surface area contributed by atoms with E-state index in [0.29, 0.717) is 12.5 Å². The number of hydrogen-bond acceptors (Lipinski definition) is 3. The lowest BCUT2D eigenvalue weighted by Crippen LogP contribution is -2.40. The minimum atomic E-state index is -4.68. The number of aliphatic imine (C=N–C) groups is 1. The number of likely N-dealkylation sites (tertiary alicyclic amines) is 1. The van der Waals surface area contributed by atoms with Crippen molar-refractivity contribution >= 4 is 5.96 Å². The predicted molar refractivity (Wildman–Crippen MR) is 86.7 cm³/mol. The Morgan fingerprint density at radius 2 is 1.83 bits per heavy atom. The van der Waals surface area contributed by atoms with Crippen LogP contribution in [-0.2, 0) is 6.54 Å². The number of ether oxygens (including phenoxy) is 1. The van der Waals surface area contributed by atoms with Gasteiger partial charge in [0.15, 0.2) is 5.96 Å². The highest BCUT2D eigenvalue weighted by atomic mass is 19.4. The molecular weight excluding hydrogens is 321 g/mol. The van der Waals surface area contributed by atoms with Gasteiger partial charge in [-0.2, -0.15) is 0 Å². The monoisotopic (exact) mass is 344 g/mol. The van der Waals surface area contributed by atoms with E-state index in [-0.39, 0.29) is 5.75 Å². The number of benzene rings is 1. The molecule has 0 spiro atoms. The van der Waals surface area contributed by atoms with Gasteiger partial charge in [0.1, 0.15) is 5.75 Å². The molecule has 134 valence electrons. The molecule has 1 aromatic carbocycles. The Labute approximate surface area is 139 Å². The van der Waals surface area contributed by atoms with Crippen LogP contribution in [0.2, 0.25) is 0 Å². The number of halogens is 3. The third-order valence-corrected chi connectivity index (χ3v) is 3.77. The fraction of sp³-hybridized carbons (Fsp3) is 0.562. The first-order valence-corrected chi connectivity index (χ1v) is 8.03. The topological polar surface area (TPSA) is 62.9 Å². The van der Waals surface area contributed by atoms with E-state index in [1.54, 1.807) is 0 Å². The number of piperidine rings is 1. The SMILES string of the molecule is NC(=NCc1ccc(OC(F)(F)F)cc1)NCCN1CCCCC1. The molecule has 1 heterocycles. The van der Waals surface area contributed by atoms with Crippen LogP contribution in [0.25, 0.3) is 0 Å². The molecule has 0 bridgehead atoms. The van der Waals surface area contributed by atoms with Crippen LogP contribution < -0.4 is 15.8 Å². The van der Waals surface area contributed by atoms with Crippen LogP contribution in [0.15, 0.2) is 29.3 Å². The van der Waals surface area contributed by atoms with Gasteiger partial charge >= 0.3 is 6.36 Å². The highest BCUT2D eigenvalue weighted by molar-refractivity contribution is 5.77. The zero-order valence-electron chi connectivity index (χ0n) is 13.5. The van der Waals surface area contributed by atoms with Crippen LogP contribution >= 0.6 is 0 Å². The summed E-state index contributed by atoms with van der Waals surface area (Å²) in [4.78, 5) is 6.58. The zero-order chi connectivity index (χ0) is 17.4. The van der Waals surface area contributed by atoms with Gasteiger partial charge in [0.05, 0.1) is 6.54 Å². The average Bonchev–Trinajstić information content (AvgIpc) is 2.54. The molecule has 24 heavy (non-hydrogen) atoms. The van der Waals surface area contributed by atoms with Gasteiger partial charge in [0, 0.05) is 13.1 Å². The summed E-state index contributed by atoms with van der Waals surface area (Å²) in [5.74, 6) is 0.0884. The van der Waals surface area contributed by atoms with Gasteiger partial charge in [-0.25, -0.2) is 4.99 Å². The maximum Gasteiger partial charge on any atom is 0.573 e. The molecule has 8 heteroatoms. The number of nitrogens with one attached hydrogen (secondary N) is 1. The van der Waals surface area contributed by atoms with Crippen molar-refractivity contribution in [1.29, 1.82) is 0 Å². The van der Waals surface area contributed by atoms with Crippen molar-refractivity contribution in [2.75, 3.05) is 26.2 Å². The summed E-state index contributed by atoms with van der Waals surface area (Å²) < 4.78 is 40.0. The number of guanidine groups is 1. The Kier molecular flexibility index (Phi) is 6.72. The quantitative estimate of drug-likeness (QED) is 0.615. The fourth-order valence-electron chi connectivity index (χ4n) is 2.55. The predicted octanol–water partition coefficient (Wildman–Crippen LogP) is 2.48. The van der Waals surface area contributed by atoms with Crippen LogP contribution in [0.3, 0.4) is 0 Å². The molecule has 1 aromatic rings. The summed E-state index contributed by atoms with van der Waals surface area (Å²) in [7, 11) is 0. The summed E-state index contributed by atoms with van der Waals surface area (Å²) in [6.45, 7) is 4.22. The van der Waals surface area contributed by atoms with E-state index in [1.165, 1.54) is 43.5 Å². The van der Waals surface area contributed by atoms with E-state index in [1.807, 2.05) is 0 Å². The molecule has 0 aromatic heterocycles. The molecule has 1 aliphatic rings. The first kappa shape index (κ1) is 18.4. The maximum atomic E-state index is 12.1. The molecule has 1 saturated heterocycles. The van der Waals surface area contributed by atoms with Crippen molar-refractivity contribution in [1.82, 2.24) is 10.2 Å². The van der Waals surface area contributed by atoms with Gasteiger partial charge in [-0.15, -0.1) is 13.2 Å². The van der Waals surface area contributed by atoms with Crippen molar-refractivity contribution in [3.8, 4) is 5.75 Å². The van der Waals surface area contributed by atoms with Crippen molar-refractivity contribution < 1.29 is 17.9 Å². The van der Waals surface area contributed by atoms with E-state index in [2.05, 4.69) is 19.9 Å². The van der Waals surface area contributed by atoms with Gasteiger partial charge in [-0.05, 0) is 43.6 Å². The lowest BCUT2D eigenvalue weighted by atomic mass is 10.1. The van der Waals surface area contributed by atoms with Crippen molar-refractivity contribution in [3.63, 3.8) is 0 Å². The highest BCUT2D eigenvalue weighted by Crippen LogP contribution is 2.22. The summed E-state index contributed by atoms with van der Waals surface area (Å²) >= 11 is 0. The minimum absolute atomic E-state index is 0.247. The second-order valence-corrected chi connectivity index (χ2v) is 5.72. The zero-order valence-corrected chi connectivity index (χ0v) is 13.5. The number of nitrogens with zero attached hydrogens (tertiary/aromatic N) is 2. The van der Waals surface area contributed by atoms with E-state index in [0.717, 1.165) is 31.7 Å². The molecule has 0 saturated carbocycles. The van der Waals surface area contributed by atoms with Crippen LogP contribution in [0.4, 0.5) is 13.2 Å². The first-order valence-electron chi connectivity index (χ1n) is 8.03. The van der Waals surface area contributed by atoms with Crippen molar-refractivity contribution in [3.05, 3.63) is 29.8 Å². The normalized spacial score (nSPS) is 16.9. The first-order chi connectivity index (χ1) is 11.4. The molecule has 1 aliphatic heterocycles. The minimum Gasteiger partial charge on any atom is -0.406 e. The Morgan fingerprint density at radius 1 is 1.17 bits per heavy atom. The molecule has 0 atom stereocenters. The summed E-state index contributed by atoms with van der Waals surface area (Å²) in [5, 5.41) is 3.06. The van der Waals surface area contributed by atoms with Gasteiger partial charge in [0.2, 0.25) is 0 Å². The molecular formula is C16H23F3N4O. The third kappa shape index (κ3) is 7.08. The van der Waals surface area contributed by atoms with E-state index >= 15 is 0 Å². The Hall–Kier alpha value is -1.96. The van der Waals surface area contributed by atoms with Gasteiger partial charge < -0.3 is 20.7 Å². The molecule has 0 aliphatic carbocycles. The molecule has 0 radical (unpaired) electrons. The molecule has 0 unspecified atom stereocenters. The maximum absolute atomic E-state index is 12.1. The number of rotatable bonds is 6. The van der Waals surface area contributed by atoms with Crippen LogP contribution in [0, 0.1) is 0 Å². The second kappa shape index (κ2) is 8.77. The number of hydrogen-bond donors (Lipinski definition) is 2. The van der Waals surface area contributed by atoms with Gasteiger partial charge in [0.25, 0.3) is 0 Å². The Balaban J connectivity index is 1.71. The molecule has 2 rings (SSSR count). The van der Waals surface area contributed by atoms with Gasteiger partial charge in [-0.3, -0.25) is 0 Å². The van der Waals surface area contributed by atoms with E-state index < -0.39 is 6.36 Å². The number of alkyl halides is 3. The van der Waals surface area contributed by atoms with Crippen molar-refractivity contribution in [2.24, 2.45) is 10.7 Å². The molecule has 3 N–H and O–H groups in total. The van der Waals surface area contributed by atoms with E-state index in [4.69, 9.17) is 5.73 Å².